The number of fused-ring (bicyclic) bond motifs is 1. The molecule has 1 aromatic carbocycles. The van der Waals surface area contributed by atoms with Gasteiger partial charge in [0.15, 0.2) is 12.4 Å². The van der Waals surface area contributed by atoms with E-state index in [9.17, 15) is 4.79 Å². The third-order valence-electron chi connectivity index (χ3n) is 4.26. The first-order valence-corrected chi connectivity index (χ1v) is 9.30. The molecule has 4 rings (SSSR count). The number of carbonyl (C=O) groups excluding carboxylic acids is 1. The van der Waals surface area contributed by atoms with E-state index in [2.05, 4.69) is 10.2 Å². The van der Waals surface area contributed by atoms with Crippen molar-refractivity contribution in [2.24, 2.45) is 0 Å². The first-order chi connectivity index (χ1) is 14.1. The van der Waals surface area contributed by atoms with E-state index in [1.165, 1.54) is 12.3 Å². The number of hydrogen-bond donors (Lipinski definition) is 0. The summed E-state index contributed by atoms with van der Waals surface area (Å²) in [6.45, 7) is 4.31. The lowest BCUT2D eigenvalue weighted by molar-refractivity contribution is -0.139. The third-order valence-corrected chi connectivity index (χ3v) is 4.26. The van der Waals surface area contributed by atoms with E-state index >= 15 is 0 Å². The molecule has 150 valence electrons. The number of hydrogen-bond acceptors (Lipinski definition) is 8. The molecule has 0 unspecified atom stereocenters. The van der Waals surface area contributed by atoms with Crippen molar-refractivity contribution in [2.45, 2.75) is 33.0 Å². The van der Waals surface area contributed by atoms with E-state index in [0.717, 1.165) is 23.3 Å². The van der Waals surface area contributed by atoms with Crippen LogP contribution in [0.2, 0.25) is 0 Å². The van der Waals surface area contributed by atoms with E-state index in [0.29, 0.717) is 18.1 Å². The molecular formula is C21H20N2O6. The average Bonchev–Trinajstić information content (AvgIpc) is 3.44. The summed E-state index contributed by atoms with van der Waals surface area (Å²) in [5.74, 6) is 1.82. The van der Waals surface area contributed by atoms with Crippen LogP contribution in [0.25, 0.3) is 17.7 Å². The van der Waals surface area contributed by atoms with Crippen molar-refractivity contribution < 1.29 is 27.8 Å². The van der Waals surface area contributed by atoms with Crippen molar-refractivity contribution in [1.82, 2.24) is 10.2 Å². The van der Waals surface area contributed by atoms with Crippen molar-refractivity contribution in [2.75, 3.05) is 6.61 Å². The molecule has 0 radical (unpaired) electrons. The fourth-order valence-corrected chi connectivity index (χ4v) is 3.02. The standard InChI is InChI=1S/C21H20N2O6/c1-3-25-17-11-15-9-13(2)28-18(15)10-14(17)6-7-20(24)27-12-19-22-23-21(29-19)16-5-4-8-26-16/h4-8,10-11,13H,3,9,12H2,1-2H3/b7-6+/t13-/m0/s1. The molecule has 3 aromatic rings. The predicted molar refractivity (Wildman–Crippen MR) is 102 cm³/mol. The Balaban J connectivity index is 1.40. The predicted octanol–water partition coefficient (Wildman–Crippen LogP) is 3.81. The zero-order valence-electron chi connectivity index (χ0n) is 16.1. The van der Waals surface area contributed by atoms with E-state index in [4.69, 9.17) is 23.0 Å². The molecule has 0 saturated heterocycles. The van der Waals surface area contributed by atoms with Crippen LogP contribution < -0.4 is 9.47 Å². The lowest BCUT2D eigenvalue weighted by atomic mass is 10.1. The minimum absolute atomic E-state index is 0.129. The normalized spacial score (nSPS) is 15.3. The maximum Gasteiger partial charge on any atom is 0.331 e. The first-order valence-electron chi connectivity index (χ1n) is 9.30. The van der Waals surface area contributed by atoms with Crippen LogP contribution in [0, 0.1) is 0 Å². The molecule has 3 heterocycles. The van der Waals surface area contributed by atoms with Crippen LogP contribution in [-0.4, -0.2) is 28.9 Å². The lowest BCUT2D eigenvalue weighted by Gasteiger charge is -2.10. The van der Waals surface area contributed by atoms with Crippen LogP contribution in [0.5, 0.6) is 11.5 Å². The monoisotopic (exact) mass is 396 g/mol. The Morgan fingerprint density at radius 3 is 3.03 bits per heavy atom. The molecule has 0 bridgehead atoms. The summed E-state index contributed by atoms with van der Waals surface area (Å²) in [6.07, 6.45) is 5.44. The first kappa shape index (κ1) is 18.8. The fraction of sp³-hybridized carbons (Fsp3) is 0.286. The van der Waals surface area contributed by atoms with Crippen molar-refractivity contribution in [1.29, 1.82) is 0 Å². The van der Waals surface area contributed by atoms with Gasteiger partial charge in [0.1, 0.15) is 17.6 Å². The van der Waals surface area contributed by atoms with Gasteiger partial charge in [-0.1, -0.05) is 0 Å². The number of rotatable bonds is 7. The Morgan fingerprint density at radius 1 is 1.34 bits per heavy atom. The summed E-state index contributed by atoms with van der Waals surface area (Å²) in [7, 11) is 0. The van der Waals surface area contributed by atoms with Gasteiger partial charge in [-0.15, -0.1) is 10.2 Å². The van der Waals surface area contributed by atoms with Crippen LogP contribution in [0.4, 0.5) is 0 Å². The zero-order valence-corrected chi connectivity index (χ0v) is 16.1. The molecule has 8 heteroatoms. The van der Waals surface area contributed by atoms with E-state index in [1.807, 2.05) is 26.0 Å². The Labute approximate surface area is 167 Å². The van der Waals surface area contributed by atoms with Gasteiger partial charge in [-0.2, -0.15) is 0 Å². The van der Waals surface area contributed by atoms with E-state index in [1.54, 1.807) is 18.2 Å². The highest BCUT2D eigenvalue weighted by molar-refractivity contribution is 5.87. The van der Waals surface area contributed by atoms with Crippen molar-refractivity contribution >= 4 is 12.0 Å². The smallest absolute Gasteiger partial charge is 0.331 e. The molecule has 1 aliphatic rings. The molecule has 0 fully saturated rings. The van der Waals surface area contributed by atoms with Gasteiger partial charge in [0.2, 0.25) is 0 Å². The third kappa shape index (κ3) is 4.31. The minimum atomic E-state index is -0.542. The highest BCUT2D eigenvalue weighted by atomic mass is 16.5. The number of ether oxygens (including phenoxy) is 3. The summed E-state index contributed by atoms with van der Waals surface area (Å²) in [4.78, 5) is 12.1. The minimum Gasteiger partial charge on any atom is -0.493 e. The molecule has 2 aromatic heterocycles. The molecule has 0 aliphatic carbocycles. The quantitative estimate of drug-likeness (QED) is 0.439. The number of carbonyl (C=O) groups is 1. The maximum absolute atomic E-state index is 12.1. The topological polar surface area (TPSA) is 96.8 Å². The highest BCUT2D eigenvalue weighted by Crippen LogP contribution is 2.35. The molecule has 0 spiro atoms. The second kappa shape index (κ2) is 8.22. The van der Waals surface area contributed by atoms with Gasteiger partial charge >= 0.3 is 5.97 Å². The molecule has 0 amide bonds. The van der Waals surface area contributed by atoms with Crippen molar-refractivity contribution in [3.63, 3.8) is 0 Å². The Kier molecular flexibility index (Phi) is 5.33. The molecule has 0 N–H and O–H groups in total. The summed E-state index contributed by atoms with van der Waals surface area (Å²) in [6, 6.07) is 7.25. The van der Waals surface area contributed by atoms with Gasteiger partial charge in [0, 0.05) is 23.6 Å². The lowest BCUT2D eigenvalue weighted by Crippen LogP contribution is -2.05. The number of furan rings is 1. The maximum atomic E-state index is 12.1. The summed E-state index contributed by atoms with van der Waals surface area (Å²) in [5.41, 5.74) is 1.85. The van der Waals surface area contributed by atoms with Crippen molar-refractivity contribution in [3.8, 4) is 23.1 Å². The molecule has 1 aliphatic heterocycles. The van der Waals surface area contributed by atoms with Crippen LogP contribution in [0.15, 0.2) is 45.4 Å². The summed E-state index contributed by atoms with van der Waals surface area (Å²) >= 11 is 0. The summed E-state index contributed by atoms with van der Waals surface area (Å²) < 4.78 is 27.2. The van der Waals surface area contributed by atoms with Crippen LogP contribution >= 0.6 is 0 Å². The molecule has 8 nitrogen and oxygen atoms in total. The van der Waals surface area contributed by atoms with Gasteiger partial charge in [0.05, 0.1) is 12.9 Å². The number of esters is 1. The average molecular weight is 396 g/mol. The fourth-order valence-electron chi connectivity index (χ4n) is 3.02. The Bertz CT molecular complexity index is 1020. The van der Waals surface area contributed by atoms with Crippen LogP contribution in [-0.2, 0) is 22.6 Å². The molecule has 0 saturated carbocycles. The zero-order chi connectivity index (χ0) is 20.2. The van der Waals surface area contributed by atoms with Gasteiger partial charge < -0.3 is 23.0 Å². The van der Waals surface area contributed by atoms with Gasteiger partial charge in [-0.05, 0) is 44.2 Å². The van der Waals surface area contributed by atoms with Crippen LogP contribution in [0.1, 0.15) is 30.9 Å². The second-order valence-electron chi connectivity index (χ2n) is 6.48. The van der Waals surface area contributed by atoms with E-state index in [-0.39, 0.29) is 24.5 Å². The van der Waals surface area contributed by atoms with Crippen molar-refractivity contribution in [3.05, 3.63) is 53.6 Å². The largest absolute Gasteiger partial charge is 0.493 e. The molecule has 29 heavy (non-hydrogen) atoms. The number of nitrogens with zero attached hydrogens (tertiary/aromatic N) is 2. The number of benzene rings is 1. The van der Waals surface area contributed by atoms with E-state index < -0.39 is 5.97 Å². The second-order valence-corrected chi connectivity index (χ2v) is 6.48. The Morgan fingerprint density at radius 2 is 2.24 bits per heavy atom. The Hall–Kier alpha value is -3.55. The van der Waals surface area contributed by atoms with Gasteiger partial charge in [0.25, 0.3) is 11.8 Å². The van der Waals surface area contributed by atoms with Crippen LogP contribution in [0.3, 0.4) is 0 Å². The van der Waals surface area contributed by atoms with Gasteiger partial charge in [-0.3, -0.25) is 0 Å². The molecule has 1 atom stereocenters. The highest BCUT2D eigenvalue weighted by Gasteiger charge is 2.21. The summed E-state index contributed by atoms with van der Waals surface area (Å²) in [5, 5.41) is 7.68. The number of aromatic nitrogens is 2. The SMILES string of the molecule is CCOc1cc2c(cc1/C=C/C(=O)OCc1nnc(-c3ccco3)o1)O[C@@H](C)C2. The molecular weight excluding hydrogens is 376 g/mol. The van der Waals surface area contributed by atoms with Gasteiger partial charge in [-0.25, -0.2) is 4.79 Å².